The van der Waals surface area contributed by atoms with Crippen LogP contribution < -0.4 is 4.90 Å². The van der Waals surface area contributed by atoms with Crippen molar-refractivity contribution in [1.82, 2.24) is 0 Å². The number of benzene rings is 3. The Labute approximate surface area is 141 Å². The number of para-hydroxylation sites is 1. The average Bonchev–Trinajstić information content (AvgIpc) is 2.52. The zero-order valence-corrected chi connectivity index (χ0v) is 14.4. The van der Waals surface area contributed by atoms with E-state index < -0.39 is 0 Å². The molecule has 0 saturated heterocycles. The fraction of sp³-hybridized carbons (Fsp3) is 0. The Balaban J connectivity index is 2.11. The standard InChI is InChI=1S/C18H13Br2N/c19-14-6-10-17(11-7-14)21(16-4-2-1-3-5-16)18-12-8-15(20)9-13-18/h1-13H. The van der Waals surface area contributed by atoms with Crippen molar-refractivity contribution in [1.29, 1.82) is 0 Å². The first kappa shape index (κ1) is 14.4. The molecule has 21 heavy (non-hydrogen) atoms. The maximum Gasteiger partial charge on any atom is 0.0462 e. The number of hydrogen-bond acceptors (Lipinski definition) is 1. The molecule has 0 bridgehead atoms. The first-order valence-corrected chi connectivity index (χ1v) is 8.19. The van der Waals surface area contributed by atoms with E-state index in [0.29, 0.717) is 0 Å². The van der Waals surface area contributed by atoms with Crippen LogP contribution in [0.4, 0.5) is 17.1 Å². The van der Waals surface area contributed by atoms with Crippen LogP contribution >= 0.6 is 31.9 Å². The third-order valence-corrected chi connectivity index (χ3v) is 4.24. The second-order valence-electron chi connectivity index (χ2n) is 4.62. The molecule has 1 nitrogen and oxygen atoms in total. The van der Waals surface area contributed by atoms with Crippen LogP contribution in [0.5, 0.6) is 0 Å². The Morgan fingerprint density at radius 3 is 1.29 bits per heavy atom. The fourth-order valence-electron chi connectivity index (χ4n) is 2.20. The SMILES string of the molecule is Brc1ccc(N(c2ccccc2)c2ccc(Br)cc2)cc1. The number of nitrogens with zero attached hydrogens (tertiary/aromatic N) is 1. The molecule has 3 heteroatoms. The Morgan fingerprint density at radius 1 is 0.476 bits per heavy atom. The van der Waals surface area contributed by atoms with Crippen molar-refractivity contribution in [2.24, 2.45) is 0 Å². The van der Waals surface area contributed by atoms with E-state index in [1.54, 1.807) is 0 Å². The minimum Gasteiger partial charge on any atom is -0.311 e. The summed E-state index contributed by atoms with van der Waals surface area (Å²) in [4.78, 5) is 2.24. The lowest BCUT2D eigenvalue weighted by atomic mass is 10.2. The summed E-state index contributed by atoms with van der Waals surface area (Å²) >= 11 is 6.98. The zero-order chi connectivity index (χ0) is 14.7. The molecule has 0 aliphatic carbocycles. The first-order valence-electron chi connectivity index (χ1n) is 6.60. The molecular weight excluding hydrogens is 390 g/mol. The molecule has 0 spiro atoms. The predicted molar refractivity (Wildman–Crippen MR) is 96.5 cm³/mol. The highest BCUT2D eigenvalue weighted by molar-refractivity contribution is 9.10. The van der Waals surface area contributed by atoms with Crippen LogP contribution in [0.15, 0.2) is 87.8 Å². The third kappa shape index (κ3) is 3.36. The predicted octanol–water partition coefficient (Wildman–Crippen LogP) is 6.68. The van der Waals surface area contributed by atoms with Gasteiger partial charge in [-0.3, -0.25) is 0 Å². The van der Waals surface area contributed by atoms with Crippen LogP contribution in [0.25, 0.3) is 0 Å². The van der Waals surface area contributed by atoms with E-state index in [4.69, 9.17) is 0 Å². The lowest BCUT2D eigenvalue weighted by molar-refractivity contribution is 1.28. The Bertz CT molecular complexity index is 661. The summed E-state index contributed by atoms with van der Waals surface area (Å²) in [5.41, 5.74) is 3.40. The average molecular weight is 403 g/mol. The first-order chi connectivity index (χ1) is 10.2. The molecule has 104 valence electrons. The van der Waals surface area contributed by atoms with Gasteiger partial charge in [0.1, 0.15) is 0 Å². The van der Waals surface area contributed by atoms with Crippen molar-refractivity contribution < 1.29 is 0 Å². The molecule has 0 saturated carbocycles. The second kappa shape index (κ2) is 6.46. The molecule has 3 aromatic carbocycles. The van der Waals surface area contributed by atoms with Crippen LogP contribution in [-0.4, -0.2) is 0 Å². The van der Waals surface area contributed by atoms with Crippen molar-refractivity contribution in [3.8, 4) is 0 Å². The van der Waals surface area contributed by atoms with E-state index >= 15 is 0 Å². The van der Waals surface area contributed by atoms with Crippen molar-refractivity contribution in [2.45, 2.75) is 0 Å². The van der Waals surface area contributed by atoms with Gasteiger partial charge in [-0.05, 0) is 60.7 Å². The van der Waals surface area contributed by atoms with Gasteiger partial charge in [-0.2, -0.15) is 0 Å². The summed E-state index contributed by atoms with van der Waals surface area (Å²) in [5, 5.41) is 0. The maximum atomic E-state index is 3.49. The van der Waals surface area contributed by atoms with E-state index in [0.717, 1.165) is 26.0 Å². The summed E-state index contributed by atoms with van der Waals surface area (Å²) in [6.07, 6.45) is 0. The van der Waals surface area contributed by atoms with Crippen molar-refractivity contribution in [3.05, 3.63) is 87.8 Å². The molecule has 0 fully saturated rings. The zero-order valence-electron chi connectivity index (χ0n) is 11.2. The molecule has 3 rings (SSSR count). The van der Waals surface area contributed by atoms with E-state index in [9.17, 15) is 0 Å². The Kier molecular flexibility index (Phi) is 4.42. The van der Waals surface area contributed by atoms with E-state index in [-0.39, 0.29) is 0 Å². The molecular formula is C18H13Br2N. The van der Waals surface area contributed by atoms with E-state index in [1.165, 1.54) is 0 Å². The summed E-state index contributed by atoms with van der Waals surface area (Å²) in [6.45, 7) is 0. The second-order valence-corrected chi connectivity index (χ2v) is 6.46. The normalized spacial score (nSPS) is 10.4. The van der Waals surface area contributed by atoms with Crippen LogP contribution in [0, 0.1) is 0 Å². The number of rotatable bonds is 3. The fourth-order valence-corrected chi connectivity index (χ4v) is 2.73. The van der Waals surface area contributed by atoms with Crippen LogP contribution in [0.3, 0.4) is 0 Å². The van der Waals surface area contributed by atoms with Crippen molar-refractivity contribution >= 4 is 48.9 Å². The summed E-state index contributed by atoms with van der Waals surface area (Å²) in [6, 6.07) is 27.1. The molecule has 0 radical (unpaired) electrons. The van der Waals surface area contributed by atoms with Gasteiger partial charge in [0.15, 0.2) is 0 Å². The Morgan fingerprint density at radius 2 is 0.857 bits per heavy atom. The molecule has 0 unspecified atom stereocenters. The van der Waals surface area contributed by atoms with E-state index in [2.05, 4.69) is 110 Å². The van der Waals surface area contributed by atoms with Crippen LogP contribution in [-0.2, 0) is 0 Å². The monoisotopic (exact) mass is 401 g/mol. The van der Waals surface area contributed by atoms with Crippen molar-refractivity contribution in [3.63, 3.8) is 0 Å². The van der Waals surface area contributed by atoms with Crippen LogP contribution in [0.1, 0.15) is 0 Å². The highest BCUT2D eigenvalue weighted by atomic mass is 79.9. The summed E-state index contributed by atoms with van der Waals surface area (Å²) in [7, 11) is 0. The molecule has 0 atom stereocenters. The topological polar surface area (TPSA) is 3.24 Å². The third-order valence-electron chi connectivity index (χ3n) is 3.18. The smallest absolute Gasteiger partial charge is 0.0462 e. The van der Waals surface area contributed by atoms with Gasteiger partial charge in [0.05, 0.1) is 0 Å². The van der Waals surface area contributed by atoms with Gasteiger partial charge < -0.3 is 4.90 Å². The molecule has 0 N–H and O–H groups in total. The lowest BCUT2D eigenvalue weighted by Gasteiger charge is -2.25. The molecule has 0 heterocycles. The largest absolute Gasteiger partial charge is 0.311 e. The van der Waals surface area contributed by atoms with Crippen molar-refractivity contribution in [2.75, 3.05) is 4.90 Å². The van der Waals surface area contributed by atoms with E-state index in [1.807, 2.05) is 6.07 Å². The van der Waals surface area contributed by atoms with Gasteiger partial charge in [-0.25, -0.2) is 0 Å². The highest BCUT2D eigenvalue weighted by Crippen LogP contribution is 2.35. The highest BCUT2D eigenvalue weighted by Gasteiger charge is 2.11. The van der Waals surface area contributed by atoms with Crippen LogP contribution in [0.2, 0.25) is 0 Å². The number of halogens is 2. The van der Waals surface area contributed by atoms with Gasteiger partial charge in [0.2, 0.25) is 0 Å². The minimum atomic E-state index is 1.08. The van der Waals surface area contributed by atoms with Gasteiger partial charge in [0.25, 0.3) is 0 Å². The quantitative estimate of drug-likeness (QED) is 0.472. The Hall–Kier alpha value is -1.58. The van der Waals surface area contributed by atoms with Gasteiger partial charge in [-0.15, -0.1) is 0 Å². The number of hydrogen-bond donors (Lipinski definition) is 0. The molecule has 3 aromatic rings. The minimum absolute atomic E-state index is 1.08. The molecule has 0 aliphatic heterocycles. The molecule has 0 amide bonds. The maximum absolute atomic E-state index is 3.49. The molecule has 0 aliphatic rings. The van der Waals surface area contributed by atoms with Gasteiger partial charge >= 0.3 is 0 Å². The van der Waals surface area contributed by atoms with Gasteiger partial charge in [0, 0.05) is 26.0 Å². The molecule has 0 aromatic heterocycles. The van der Waals surface area contributed by atoms with Gasteiger partial charge in [-0.1, -0.05) is 50.1 Å². The number of anilines is 3. The summed E-state index contributed by atoms with van der Waals surface area (Å²) in [5.74, 6) is 0. The lowest BCUT2D eigenvalue weighted by Crippen LogP contribution is -2.09. The summed E-state index contributed by atoms with van der Waals surface area (Å²) < 4.78 is 2.16.